The van der Waals surface area contributed by atoms with Gasteiger partial charge in [0.05, 0.1) is 0 Å². The van der Waals surface area contributed by atoms with E-state index >= 15 is 0 Å². The first-order chi connectivity index (χ1) is 7.70. The molecule has 2 aromatic rings. The topological polar surface area (TPSA) is 45.7 Å². The predicted octanol–water partition coefficient (Wildman–Crippen LogP) is 3.91. The number of furan rings is 1. The first-order valence-corrected chi connectivity index (χ1v) is 5.55. The molecule has 1 aromatic heterocycles. The van der Waals surface area contributed by atoms with E-state index in [4.69, 9.17) is 9.62 Å². The Labute approximate surface area is 102 Å². The van der Waals surface area contributed by atoms with E-state index in [-0.39, 0.29) is 0 Å². The first-order valence-electron chi connectivity index (χ1n) is 4.75. The van der Waals surface area contributed by atoms with Crippen molar-refractivity contribution < 1.29 is 9.62 Å². The summed E-state index contributed by atoms with van der Waals surface area (Å²) in [4.78, 5) is 0. The molecule has 1 N–H and O–H groups in total. The van der Waals surface area contributed by atoms with Gasteiger partial charge in [0.2, 0.25) is 0 Å². The lowest BCUT2D eigenvalue weighted by molar-refractivity contribution is 0.317. The van der Waals surface area contributed by atoms with Crippen molar-refractivity contribution in [3.05, 3.63) is 46.6 Å². The van der Waals surface area contributed by atoms with Crippen LogP contribution in [0.1, 0.15) is 12.7 Å². The largest absolute Gasteiger partial charge is 0.455 e. The van der Waals surface area contributed by atoms with Crippen molar-refractivity contribution in [1.29, 1.82) is 0 Å². The van der Waals surface area contributed by atoms with Gasteiger partial charge in [0.1, 0.15) is 11.5 Å². The van der Waals surface area contributed by atoms with E-state index in [0.29, 0.717) is 11.5 Å². The Hall–Kier alpha value is -1.55. The highest BCUT2D eigenvalue weighted by molar-refractivity contribution is 9.10. The monoisotopic (exact) mass is 279 g/mol. The molecule has 0 saturated carbocycles. The van der Waals surface area contributed by atoms with Crippen LogP contribution in [0.15, 0.2) is 50.4 Å². The second-order valence-corrected chi connectivity index (χ2v) is 4.27. The van der Waals surface area contributed by atoms with E-state index in [1.54, 1.807) is 13.0 Å². The molecule has 1 heterocycles. The van der Waals surface area contributed by atoms with E-state index in [1.165, 1.54) is 0 Å². The molecule has 0 aliphatic rings. The molecule has 0 spiro atoms. The quantitative estimate of drug-likeness (QED) is 0.515. The van der Waals surface area contributed by atoms with Crippen LogP contribution >= 0.6 is 15.9 Å². The highest BCUT2D eigenvalue weighted by atomic mass is 79.9. The first kappa shape index (κ1) is 11.0. The van der Waals surface area contributed by atoms with Crippen LogP contribution in [-0.2, 0) is 0 Å². The predicted molar refractivity (Wildman–Crippen MR) is 65.8 cm³/mol. The molecule has 0 amide bonds. The molecule has 0 atom stereocenters. The second kappa shape index (κ2) is 4.53. The van der Waals surface area contributed by atoms with Crippen molar-refractivity contribution in [1.82, 2.24) is 0 Å². The van der Waals surface area contributed by atoms with E-state index in [1.807, 2.05) is 30.3 Å². The second-order valence-electron chi connectivity index (χ2n) is 3.36. The Morgan fingerprint density at radius 2 is 1.88 bits per heavy atom. The van der Waals surface area contributed by atoms with E-state index in [9.17, 15) is 0 Å². The average Bonchev–Trinajstić information content (AvgIpc) is 2.78. The lowest BCUT2D eigenvalue weighted by atomic mass is 10.2. The zero-order valence-corrected chi connectivity index (χ0v) is 10.2. The van der Waals surface area contributed by atoms with Crippen molar-refractivity contribution in [3.63, 3.8) is 0 Å². The van der Waals surface area contributed by atoms with Crippen LogP contribution in [0.4, 0.5) is 0 Å². The van der Waals surface area contributed by atoms with Gasteiger partial charge in [-0.25, -0.2) is 0 Å². The number of rotatable bonds is 2. The summed E-state index contributed by atoms with van der Waals surface area (Å²) >= 11 is 3.37. The van der Waals surface area contributed by atoms with E-state index in [0.717, 1.165) is 15.8 Å². The summed E-state index contributed by atoms with van der Waals surface area (Å²) < 4.78 is 6.58. The van der Waals surface area contributed by atoms with Crippen molar-refractivity contribution in [3.8, 4) is 11.3 Å². The van der Waals surface area contributed by atoms with E-state index in [2.05, 4.69) is 21.1 Å². The van der Waals surface area contributed by atoms with Gasteiger partial charge in [0, 0.05) is 10.0 Å². The van der Waals surface area contributed by atoms with Gasteiger partial charge in [-0.15, -0.1) is 0 Å². The summed E-state index contributed by atoms with van der Waals surface area (Å²) in [6, 6.07) is 11.4. The third-order valence-corrected chi connectivity index (χ3v) is 2.77. The maximum absolute atomic E-state index is 8.63. The third kappa shape index (κ3) is 2.17. The molecule has 0 radical (unpaired) electrons. The molecule has 2 rings (SSSR count). The molecular formula is C12H10BrNO2. The lowest BCUT2D eigenvalue weighted by Crippen LogP contribution is -1.89. The van der Waals surface area contributed by atoms with Gasteiger partial charge in [-0.1, -0.05) is 33.2 Å². The van der Waals surface area contributed by atoms with Gasteiger partial charge >= 0.3 is 0 Å². The zero-order chi connectivity index (χ0) is 11.5. The van der Waals surface area contributed by atoms with Crippen LogP contribution in [0.25, 0.3) is 11.3 Å². The van der Waals surface area contributed by atoms with Gasteiger partial charge < -0.3 is 9.62 Å². The molecule has 0 unspecified atom stereocenters. The maximum atomic E-state index is 8.63. The van der Waals surface area contributed by atoms with Crippen molar-refractivity contribution >= 4 is 21.6 Å². The van der Waals surface area contributed by atoms with Gasteiger partial charge in [-0.05, 0) is 31.2 Å². The number of hydrogen-bond acceptors (Lipinski definition) is 3. The summed E-state index contributed by atoms with van der Waals surface area (Å²) in [7, 11) is 0. The number of nitrogens with zero attached hydrogens (tertiary/aromatic N) is 1. The number of benzene rings is 1. The summed E-state index contributed by atoms with van der Waals surface area (Å²) in [5.74, 6) is 1.32. The average molecular weight is 280 g/mol. The number of hydrogen-bond donors (Lipinski definition) is 1. The van der Waals surface area contributed by atoms with Crippen molar-refractivity contribution in [2.75, 3.05) is 0 Å². The Morgan fingerprint density at radius 1 is 1.19 bits per heavy atom. The van der Waals surface area contributed by atoms with Crippen LogP contribution < -0.4 is 0 Å². The Balaban J connectivity index is 2.35. The molecule has 0 fully saturated rings. The molecule has 3 nitrogen and oxygen atoms in total. The van der Waals surface area contributed by atoms with Crippen LogP contribution in [-0.4, -0.2) is 10.9 Å². The SMILES string of the molecule is C/C(=N\O)c1ccc(-c2ccc(Br)cc2)o1. The summed E-state index contributed by atoms with van der Waals surface area (Å²) in [5.41, 5.74) is 1.45. The minimum Gasteiger partial charge on any atom is -0.455 e. The molecule has 1 aromatic carbocycles. The van der Waals surface area contributed by atoms with Gasteiger partial charge in [0.25, 0.3) is 0 Å². The minimum absolute atomic E-state index is 0.461. The normalized spacial score (nSPS) is 11.8. The molecule has 0 bridgehead atoms. The van der Waals surface area contributed by atoms with Crippen LogP contribution in [0.2, 0.25) is 0 Å². The molecule has 0 saturated heterocycles. The van der Waals surface area contributed by atoms with Crippen LogP contribution in [0.5, 0.6) is 0 Å². The molecule has 4 heteroatoms. The fourth-order valence-corrected chi connectivity index (χ4v) is 1.62. The Kier molecular flexibility index (Phi) is 3.10. The van der Waals surface area contributed by atoms with Gasteiger partial charge in [-0.2, -0.15) is 0 Å². The molecule has 16 heavy (non-hydrogen) atoms. The third-order valence-electron chi connectivity index (χ3n) is 2.24. The highest BCUT2D eigenvalue weighted by Crippen LogP contribution is 2.24. The van der Waals surface area contributed by atoms with Gasteiger partial charge in [-0.3, -0.25) is 0 Å². The fourth-order valence-electron chi connectivity index (χ4n) is 1.35. The summed E-state index contributed by atoms with van der Waals surface area (Å²) in [5, 5.41) is 11.7. The summed E-state index contributed by atoms with van der Waals surface area (Å²) in [6.07, 6.45) is 0. The maximum Gasteiger partial charge on any atom is 0.152 e. The zero-order valence-electron chi connectivity index (χ0n) is 8.64. The molecular weight excluding hydrogens is 270 g/mol. The fraction of sp³-hybridized carbons (Fsp3) is 0.0833. The number of halogens is 1. The van der Waals surface area contributed by atoms with Crippen LogP contribution in [0, 0.1) is 0 Å². The Morgan fingerprint density at radius 3 is 2.50 bits per heavy atom. The Bertz CT molecular complexity index is 514. The molecule has 0 aliphatic heterocycles. The smallest absolute Gasteiger partial charge is 0.152 e. The van der Waals surface area contributed by atoms with Crippen molar-refractivity contribution in [2.45, 2.75) is 6.92 Å². The van der Waals surface area contributed by atoms with Gasteiger partial charge in [0.15, 0.2) is 5.76 Å². The van der Waals surface area contributed by atoms with Crippen molar-refractivity contribution in [2.24, 2.45) is 5.16 Å². The molecule has 82 valence electrons. The minimum atomic E-state index is 0.461. The summed E-state index contributed by atoms with van der Waals surface area (Å²) in [6.45, 7) is 1.68. The highest BCUT2D eigenvalue weighted by Gasteiger charge is 2.06. The standard InChI is InChI=1S/C12H10BrNO2/c1-8(14-15)11-6-7-12(16-11)9-2-4-10(13)5-3-9/h2-7,15H,1H3/b14-8+. The number of oxime groups is 1. The lowest BCUT2D eigenvalue weighted by Gasteiger charge is -1.97. The van der Waals surface area contributed by atoms with Crippen LogP contribution in [0.3, 0.4) is 0 Å². The molecule has 0 aliphatic carbocycles. The van der Waals surface area contributed by atoms with E-state index < -0.39 is 0 Å².